The summed E-state index contributed by atoms with van der Waals surface area (Å²) in [5, 5.41) is 0. The lowest BCUT2D eigenvalue weighted by Crippen LogP contribution is -2.23. The van der Waals surface area contributed by atoms with Gasteiger partial charge in [-0.05, 0) is 35.9 Å². The molecule has 0 atom stereocenters. The predicted octanol–water partition coefficient (Wildman–Crippen LogP) is 2.40. The maximum absolute atomic E-state index is 13.6. The first-order valence-corrected chi connectivity index (χ1v) is 8.44. The molecule has 5 nitrogen and oxygen atoms in total. The highest BCUT2D eigenvalue weighted by molar-refractivity contribution is 7.92. The number of hydrogen-bond donors (Lipinski definition) is 1. The smallest absolute Gasteiger partial charge is 0.264 e. The summed E-state index contributed by atoms with van der Waals surface area (Å²) < 4.78 is 53.3. The van der Waals surface area contributed by atoms with Crippen molar-refractivity contribution in [1.82, 2.24) is 4.90 Å². The molecule has 8 heteroatoms. The van der Waals surface area contributed by atoms with E-state index in [4.69, 9.17) is 0 Å². The number of likely N-dealkylation sites (N-methyl/N-ethyl adjacent to an activating group) is 1. The second-order valence-electron chi connectivity index (χ2n) is 5.34. The number of sulfonamides is 1. The molecule has 0 saturated carbocycles. The van der Waals surface area contributed by atoms with Crippen LogP contribution >= 0.6 is 0 Å². The zero-order chi connectivity index (χ0) is 17.9. The third-order valence-electron chi connectivity index (χ3n) is 3.24. The molecule has 1 amide bonds. The molecule has 0 aliphatic carbocycles. The maximum atomic E-state index is 13.6. The van der Waals surface area contributed by atoms with Crippen LogP contribution in [0.5, 0.6) is 0 Å². The molecular weight excluding hydrogens is 338 g/mol. The van der Waals surface area contributed by atoms with Crippen molar-refractivity contribution < 1.29 is 22.0 Å². The number of benzene rings is 2. The molecule has 0 aliphatic rings. The lowest BCUT2D eigenvalue weighted by atomic mass is 10.1. The normalized spacial score (nSPS) is 11.2. The largest absolute Gasteiger partial charge is 0.349 e. The van der Waals surface area contributed by atoms with Crippen LogP contribution in [0, 0.1) is 11.6 Å². The van der Waals surface area contributed by atoms with Gasteiger partial charge in [-0.2, -0.15) is 0 Å². The number of carbonyl (C=O) groups excluding carboxylic acids is 1. The molecule has 0 fully saturated rings. The van der Waals surface area contributed by atoms with Gasteiger partial charge in [-0.3, -0.25) is 9.52 Å². The molecule has 128 valence electrons. The van der Waals surface area contributed by atoms with E-state index in [1.54, 1.807) is 26.2 Å². The van der Waals surface area contributed by atoms with E-state index < -0.39 is 26.6 Å². The highest BCUT2D eigenvalue weighted by Gasteiger charge is 2.20. The second-order valence-corrected chi connectivity index (χ2v) is 6.99. The maximum Gasteiger partial charge on any atom is 0.264 e. The second kappa shape index (κ2) is 6.96. The first-order valence-electron chi connectivity index (χ1n) is 6.96. The Kier molecular flexibility index (Phi) is 5.18. The van der Waals surface area contributed by atoms with Crippen LogP contribution in [0.3, 0.4) is 0 Å². The molecule has 0 heterocycles. The Bertz CT molecular complexity index is 850. The number of anilines is 1. The highest BCUT2D eigenvalue weighted by Crippen LogP contribution is 2.20. The molecule has 24 heavy (non-hydrogen) atoms. The first-order chi connectivity index (χ1) is 11.2. The molecule has 0 spiro atoms. The van der Waals surface area contributed by atoms with Crippen LogP contribution in [0.1, 0.15) is 5.56 Å². The van der Waals surface area contributed by atoms with E-state index in [1.165, 1.54) is 17.0 Å². The van der Waals surface area contributed by atoms with Gasteiger partial charge in [0.05, 0.1) is 6.42 Å². The topological polar surface area (TPSA) is 66.5 Å². The van der Waals surface area contributed by atoms with Gasteiger partial charge < -0.3 is 4.90 Å². The summed E-state index contributed by atoms with van der Waals surface area (Å²) in [7, 11) is -0.981. The SMILES string of the molecule is CN(C)C(=O)Cc1ccc(NS(=O)(=O)c2cc(F)ccc2F)cc1. The van der Waals surface area contributed by atoms with Crippen LogP contribution in [0.25, 0.3) is 0 Å². The fourth-order valence-corrected chi connectivity index (χ4v) is 3.07. The van der Waals surface area contributed by atoms with E-state index in [0.717, 1.165) is 12.1 Å². The van der Waals surface area contributed by atoms with Crippen LogP contribution in [0.4, 0.5) is 14.5 Å². The summed E-state index contributed by atoms with van der Waals surface area (Å²) in [6, 6.07) is 8.27. The molecule has 0 aromatic heterocycles. The minimum absolute atomic E-state index is 0.0924. The fourth-order valence-electron chi connectivity index (χ4n) is 1.92. The molecule has 0 aliphatic heterocycles. The van der Waals surface area contributed by atoms with E-state index in [9.17, 15) is 22.0 Å². The molecular formula is C16H16F2N2O3S. The zero-order valence-corrected chi connectivity index (χ0v) is 13.9. The fraction of sp³-hybridized carbons (Fsp3) is 0.188. The van der Waals surface area contributed by atoms with Crippen molar-refractivity contribution in [2.24, 2.45) is 0 Å². The average molecular weight is 354 g/mol. The van der Waals surface area contributed by atoms with Gasteiger partial charge in [-0.1, -0.05) is 12.1 Å². The van der Waals surface area contributed by atoms with Crippen LogP contribution in [0.15, 0.2) is 47.4 Å². The van der Waals surface area contributed by atoms with Crippen LogP contribution in [-0.4, -0.2) is 33.3 Å². The molecule has 0 saturated heterocycles. The third kappa shape index (κ3) is 4.29. The van der Waals surface area contributed by atoms with Gasteiger partial charge in [0.15, 0.2) is 0 Å². The van der Waals surface area contributed by atoms with Gasteiger partial charge >= 0.3 is 0 Å². The van der Waals surface area contributed by atoms with E-state index >= 15 is 0 Å². The van der Waals surface area contributed by atoms with E-state index in [-0.39, 0.29) is 18.0 Å². The van der Waals surface area contributed by atoms with Crippen molar-refractivity contribution in [1.29, 1.82) is 0 Å². The standard InChI is InChI=1S/C16H16F2N2O3S/c1-20(2)16(21)9-11-3-6-13(7-4-11)19-24(22,23)15-10-12(17)5-8-14(15)18/h3-8,10,19H,9H2,1-2H3. The van der Waals surface area contributed by atoms with Crippen LogP contribution < -0.4 is 4.72 Å². The number of nitrogens with zero attached hydrogens (tertiary/aromatic N) is 1. The lowest BCUT2D eigenvalue weighted by Gasteiger charge is -2.11. The average Bonchev–Trinajstić information content (AvgIpc) is 2.51. The molecule has 0 unspecified atom stereocenters. The molecule has 1 N–H and O–H groups in total. The summed E-state index contributed by atoms with van der Waals surface area (Å²) in [4.78, 5) is 12.3. The van der Waals surface area contributed by atoms with Gasteiger partial charge in [0.2, 0.25) is 5.91 Å². The quantitative estimate of drug-likeness (QED) is 0.897. The molecule has 0 bridgehead atoms. The monoisotopic (exact) mass is 354 g/mol. The summed E-state index contributed by atoms with van der Waals surface area (Å²) in [6.07, 6.45) is 0.179. The lowest BCUT2D eigenvalue weighted by molar-refractivity contribution is -0.127. The van der Waals surface area contributed by atoms with Crippen LogP contribution in [0.2, 0.25) is 0 Å². The number of carbonyl (C=O) groups is 1. The molecule has 0 radical (unpaired) electrons. The summed E-state index contributed by atoms with van der Waals surface area (Å²) >= 11 is 0. The van der Waals surface area contributed by atoms with Crippen LogP contribution in [-0.2, 0) is 21.2 Å². The van der Waals surface area contributed by atoms with Gasteiger partial charge in [0, 0.05) is 19.8 Å². The third-order valence-corrected chi connectivity index (χ3v) is 4.64. The Morgan fingerprint density at radius 3 is 2.29 bits per heavy atom. The van der Waals surface area contributed by atoms with Crippen molar-refractivity contribution in [2.45, 2.75) is 11.3 Å². The number of hydrogen-bond acceptors (Lipinski definition) is 3. The first kappa shape index (κ1) is 17.9. The van der Waals surface area contributed by atoms with Crippen molar-refractivity contribution in [3.63, 3.8) is 0 Å². The Morgan fingerprint density at radius 1 is 1.08 bits per heavy atom. The number of nitrogens with one attached hydrogen (secondary N) is 1. The van der Waals surface area contributed by atoms with E-state index in [2.05, 4.69) is 4.72 Å². The zero-order valence-electron chi connectivity index (χ0n) is 13.1. The van der Waals surface area contributed by atoms with Crippen molar-refractivity contribution >= 4 is 21.6 Å². The highest BCUT2D eigenvalue weighted by atomic mass is 32.2. The van der Waals surface area contributed by atoms with Gasteiger partial charge in [-0.15, -0.1) is 0 Å². The van der Waals surface area contributed by atoms with Gasteiger partial charge in [0.1, 0.15) is 16.5 Å². The molecule has 2 aromatic rings. The Labute approximate surface area is 139 Å². The van der Waals surface area contributed by atoms with Crippen molar-refractivity contribution in [3.8, 4) is 0 Å². The summed E-state index contributed by atoms with van der Waals surface area (Å²) in [5.74, 6) is -1.99. The van der Waals surface area contributed by atoms with Crippen molar-refractivity contribution in [3.05, 3.63) is 59.7 Å². The summed E-state index contributed by atoms with van der Waals surface area (Å²) in [6.45, 7) is 0. The predicted molar refractivity (Wildman–Crippen MR) is 86.0 cm³/mol. The summed E-state index contributed by atoms with van der Waals surface area (Å²) in [5.41, 5.74) is 0.883. The minimum Gasteiger partial charge on any atom is -0.349 e. The van der Waals surface area contributed by atoms with Gasteiger partial charge in [-0.25, -0.2) is 17.2 Å². The molecule has 2 rings (SSSR count). The number of halogens is 2. The molecule has 2 aromatic carbocycles. The Morgan fingerprint density at radius 2 is 1.71 bits per heavy atom. The number of rotatable bonds is 5. The number of amides is 1. The van der Waals surface area contributed by atoms with E-state index in [0.29, 0.717) is 11.6 Å². The van der Waals surface area contributed by atoms with Gasteiger partial charge in [0.25, 0.3) is 10.0 Å². The Balaban J connectivity index is 2.18. The van der Waals surface area contributed by atoms with Crippen molar-refractivity contribution in [2.75, 3.05) is 18.8 Å². The Hall–Kier alpha value is -2.48. The van der Waals surface area contributed by atoms with E-state index in [1.807, 2.05) is 0 Å². The minimum atomic E-state index is -4.26.